The van der Waals surface area contributed by atoms with Gasteiger partial charge in [-0.05, 0) is 24.3 Å². The van der Waals surface area contributed by atoms with Crippen LogP contribution in [0.25, 0.3) is 10.9 Å². The van der Waals surface area contributed by atoms with Crippen molar-refractivity contribution in [3.8, 4) is 17.2 Å². The number of nitrogens with one attached hydrogen (secondary N) is 1. The first kappa shape index (κ1) is 20.2. The largest absolute Gasteiger partial charge is 0.496 e. The molecule has 0 bridgehead atoms. The van der Waals surface area contributed by atoms with Crippen molar-refractivity contribution in [1.82, 2.24) is 4.98 Å². The predicted octanol–water partition coefficient (Wildman–Crippen LogP) is 2.71. The lowest BCUT2D eigenvalue weighted by atomic mass is 10.1. The number of carbonyl (C=O) groups is 1. The van der Waals surface area contributed by atoms with Gasteiger partial charge in [0.2, 0.25) is 0 Å². The Bertz CT molecular complexity index is 1430. The summed E-state index contributed by atoms with van der Waals surface area (Å²) in [4.78, 5) is 38.9. The fraction of sp³-hybridized carbons (Fsp3) is 0.0476. The van der Waals surface area contributed by atoms with Crippen LogP contribution in [-0.2, 0) is 0 Å². The number of carbonyl (C=O) groups excluding carboxylic acids is 1. The summed E-state index contributed by atoms with van der Waals surface area (Å²) in [6.07, 6.45) is 1.55. The number of pyridine rings is 1. The molecule has 0 saturated heterocycles. The lowest BCUT2D eigenvalue weighted by molar-refractivity contribution is 0.0997. The Labute approximate surface area is 179 Å². The van der Waals surface area contributed by atoms with Gasteiger partial charge in [0.1, 0.15) is 28.6 Å². The molecule has 156 valence electrons. The summed E-state index contributed by atoms with van der Waals surface area (Å²) in [6.45, 7) is 0. The highest BCUT2D eigenvalue weighted by molar-refractivity contribution is 6.33. The van der Waals surface area contributed by atoms with Gasteiger partial charge < -0.3 is 26.3 Å². The van der Waals surface area contributed by atoms with Crippen LogP contribution in [0.15, 0.2) is 52.2 Å². The van der Waals surface area contributed by atoms with E-state index in [0.29, 0.717) is 33.8 Å². The average molecular weight is 439 g/mol. The van der Waals surface area contributed by atoms with E-state index in [4.69, 9.17) is 32.5 Å². The van der Waals surface area contributed by atoms with Gasteiger partial charge in [-0.25, -0.2) is 0 Å². The third-order valence-electron chi connectivity index (χ3n) is 4.66. The molecule has 0 aliphatic rings. The number of hydrogen-bond acceptors (Lipinski definition) is 8. The van der Waals surface area contributed by atoms with Gasteiger partial charge in [-0.3, -0.25) is 19.4 Å². The fourth-order valence-corrected chi connectivity index (χ4v) is 3.27. The number of nitrogens with zero attached hydrogens (tertiary/aromatic N) is 1. The maximum Gasteiger partial charge on any atom is 0.253 e. The highest BCUT2D eigenvalue weighted by atomic mass is 35.5. The maximum absolute atomic E-state index is 11.8. The number of methoxy groups -OCH3 is 1. The van der Waals surface area contributed by atoms with Crippen LogP contribution in [0.2, 0.25) is 5.02 Å². The second-order valence-electron chi connectivity index (χ2n) is 6.56. The van der Waals surface area contributed by atoms with E-state index in [1.165, 1.54) is 13.2 Å². The number of hydrogen-bond donors (Lipinski definition) is 3. The Morgan fingerprint density at radius 3 is 2.52 bits per heavy atom. The molecule has 3 aromatic carbocycles. The number of nitrogens with two attached hydrogens (primary N) is 2. The normalized spacial score (nSPS) is 10.9. The highest BCUT2D eigenvalue weighted by Gasteiger charge is 2.19. The van der Waals surface area contributed by atoms with Crippen LogP contribution in [0.1, 0.15) is 10.4 Å². The van der Waals surface area contributed by atoms with Gasteiger partial charge in [0.05, 0.1) is 28.9 Å². The lowest BCUT2D eigenvalue weighted by Gasteiger charge is -2.14. The molecule has 0 aliphatic heterocycles. The molecule has 1 aromatic heterocycles. The molecule has 5 N–H and O–H groups in total. The van der Waals surface area contributed by atoms with Crippen LogP contribution < -0.4 is 37.1 Å². The first-order chi connectivity index (χ1) is 14.8. The second-order valence-corrected chi connectivity index (χ2v) is 6.97. The number of aromatic nitrogens is 1. The molecular weight excluding hydrogens is 424 g/mol. The van der Waals surface area contributed by atoms with Crippen molar-refractivity contribution in [2.45, 2.75) is 0 Å². The smallest absolute Gasteiger partial charge is 0.253 e. The molecule has 0 spiro atoms. The number of rotatable bonds is 6. The number of benzene rings is 2. The zero-order valence-corrected chi connectivity index (χ0v) is 16.8. The minimum atomic E-state index is -0.727. The van der Waals surface area contributed by atoms with E-state index >= 15 is 0 Å². The van der Waals surface area contributed by atoms with E-state index in [1.54, 1.807) is 36.5 Å². The summed E-state index contributed by atoms with van der Waals surface area (Å²) in [5.74, 6) is 0.460. The number of amides is 1. The molecule has 31 heavy (non-hydrogen) atoms. The maximum atomic E-state index is 11.8. The Morgan fingerprint density at radius 1 is 1.10 bits per heavy atom. The number of ether oxygens (including phenoxy) is 2. The van der Waals surface area contributed by atoms with E-state index in [1.807, 2.05) is 0 Å². The molecular formula is C21H15ClN4O5. The van der Waals surface area contributed by atoms with E-state index < -0.39 is 16.8 Å². The predicted molar refractivity (Wildman–Crippen MR) is 117 cm³/mol. The van der Waals surface area contributed by atoms with Crippen LogP contribution in [0.5, 0.6) is 17.2 Å². The molecule has 10 heteroatoms. The van der Waals surface area contributed by atoms with E-state index in [2.05, 4.69) is 10.3 Å². The molecule has 9 nitrogen and oxygen atoms in total. The van der Waals surface area contributed by atoms with Gasteiger partial charge in [-0.2, -0.15) is 0 Å². The number of primary amides is 1. The van der Waals surface area contributed by atoms with Gasteiger partial charge in [-0.15, -0.1) is 0 Å². The molecule has 4 rings (SSSR count). The van der Waals surface area contributed by atoms with Crippen molar-refractivity contribution in [3.05, 3.63) is 73.6 Å². The summed E-state index contributed by atoms with van der Waals surface area (Å²) in [6, 6.07) is 9.48. The minimum absolute atomic E-state index is 0.00799. The number of nitrogen functional groups attached to an aromatic ring is 1. The molecule has 0 saturated carbocycles. The van der Waals surface area contributed by atoms with Crippen molar-refractivity contribution in [1.29, 1.82) is 0 Å². The third kappa shape index (κ3) is 3.51. The van der Waals surface area contributed by atoms with Crippen LogP contribution in [0.3, 0.4) is 0 Å². The van der Waals surface area contributed by atoms with Crippen LogP contribution in [0, 0.1) is 0 Å². The summed E-state index contributed by atoms with van der Waals surface area (Å²) in [5, 5.41) is 3.54. The van der Waals surface area contributed by atoms with Crippen molar-refractivity contribution in [2.75, 3.05) is 18.2 Å². The summed E-state index contributed by atoms with van der Waals surface area (Å²) < 4.78 is 11.1. The fourth-order valence-electron chi connectivity index (χ4n) is 3.05. The highest BCUT2D eigenvalue weighted by Crippen LogP contribution is 2.36. The summed E-state index contributed by atoms with van der Waals surface area (Å²) in [7, 11) is 1.43. The van der Waals surface area contributed by atoms with Crippen molar-refractivity contribution < 1.29 is 14.3 Å². The van der Waals surface area contributed by atoms with Gasteiger partial charge in [0.25, 0.3) is 16.8 Å². The zero-order chi connectivity index (χ0) is 22.3. The Hall–Kier alpha value is -4.11. The van der Waals surface area contributed by atoms with Crippen molar-refractivity contribution >= 4 is 45.5 Å². The Balaban J connectivity index is 1.67. The topological polar surface area (TPSA) is 147 Å². The first-order valence-corrected chi connectivity index (χ1v) is 9.27. The molecule has 4 aromatic rings. The molecule has 0 fully saturated rings. The lowest BCUT2D eigenvalue weighted by Crippen LogP contribution is -2.36. The summed E-state index contributed by atoms with van der Waals surface area (Å²) >= 11 is 6.28. The minimum Gasteiger partial charge on any atom is -0.496 e. The number of halogens is 1. The Kier molecular flexibility index (Phi) is 4.96. The van der Waals surface area contributed by atoms with Gasteiger partial charge >= 0.3 is 0 Å². The third-order valence-corrected chi connectivity index (χ3v) is 4.98. The Morgan fingerprint density at radius 2 is 1.87 bits per heavy atom. The quantitative estimate of drug-likeness (QED) is 0.389. The van der Waals surface area contributed by atoms with Crippen LogP contribution in [-0.4, -0.2) is 18.0 Å². The first-order valence-electron chi connectivity index (χ1n) is 8.90. The van der Waals surface area contributed by atoms with E-state index in [0.717, 1.165) is 0 Å². The van der Waals surface area contributed by atoms with Gasteiger partial charge in [0, 0.05) is 23.7 Å². The van der Waals surface area contributed by atoms with Gasteiger partial charge in [-0.1, -0.05) is 11.6 Å². The average Bonchev–Trinajstić information content (AvgIpc) is 2.77. The number of fused-ring (bicyclic) bond motifs is 1. The standard InChI is InChI=1S/C21H15ClN4O5/c1-30-16-8-14-10(7-11(16)21(24)29)15(4-5-25-14)31-9-2-3-13(12(22)6-9)26-18-17(23)19(27)20(18)28/h2-8,26H,23H2,1H3,(H2,24,29). The molecule has 0 atom stereocenters. The molecule has 1 amide bonds. The van der Waals surface area contributed by atoms with Crippen LogP contribution in [0.4, 0.5) is 17.1 Å². The van der Waals surface area contributed by atoms with Crippen molar-refractivity contribution in [3.63, 3.8) is 0 Å². The monoisotopic (exact) mass is 438 g/mol. The molecule has 0 aliphatic carbocycles. The van der Waals surface area contributed by atoms with Crippen LogP contribution >= 0.6 is 11.6 Å². The van der Waals surface area contributed by atoms with E-state index in [-0.39, 0.29) is 22.0 Å². The number of anilines is 3. The molecule has 1 heterocycles. The summed E-state index contributed by atoms with van der Waals surface area (Å²) in [5.41, 5.74) is 10.5. The second kappa shape index (κ2) is 7.62. The van der Waals surface area contributed by atoms with Gasteiger partial charge in [0.15, 0.2) is 0 Å². The SMILES string of the molecule is COc1cc2nccc(Oc3ccc(Nc4c(N)c(=O)c4=O)c(Cl)c3)c2cc1C(N)=O. The molecule has 0 radical (unpaired) electrons. The zero-order valence-electron chi connectivity index (χ0n) is 16.1. The van der Waals surface area contributed by atoms with Crippen molar-refractivity contribution in [2.24, 2.45) is 5.73 Å². The molecule has 0 unspecified atom stereocenters. The van der Waals surface area contributed by atoms with E-state index in [9.17, 15) is 14.4 Å².